The molecule has 0 saturated heterocycles. The first-order valence-corrected chi connectivity index (χ1v) is 8.22. The van der Waals surface area contributed by atoms with Gasteiger partial charge in [0, 0.05) is 6.42 Å². The van der Waals surface area contributed by atoms with Crippen LogP contribution < -0.4 is 0 Å². The van der Waals surface area contributed by atoms with Gasteiger partial charge in [-0.25, -0.2) is 0 Å². The standard InChI is InChI=1S/C12H22ClO5P/c1-6-7-12(16-11(14)8-13)19(15,17-9(2)3)18-10(4)5/h6,9-10,12H,1,7-8H2,2-5H3/t12-/m1/s1. The van der Waals surface area contributed by atoms with Gasteiger partial charge < -0.3 is 13.8 Å². The summed E-state index contributed by atoms with van der Waals surface area (Å²) < 4.78 is 28.6. The van der Waals surface area contributed by atoms with E-state index in [2.05, 4.69) is 6.58 Å². The second-order valence-corrected chi connectivity index (χ2v) is 6.80. The SMILES string of the molecule is C=CC[C@H](OC(=O)CCl)P(=O)(OC(C)C)OC(C)C. The molecule has 0 radical (unpaired) electrons. The molecule has 0 fully saturated rings. The van der Waals surface area contributed by atoms with Crippen LogP contribution in [0.4, 0.5) is 0 Å². The Bertz CT molecular complexity index is 329. The number of carbonyl (C=O) groups is 1. The molecule has 0 aliphatic rings. The number of ether oxygens (including phenoxy) is 1. The summed E-state index contributed by atoms with van der Waals surface area (Å²) in [6.45, 7) is 10.5. The summed E-state index contributed by atoms with van der Waals surface area (Å²) in [6.07, 6.45) is 1.00. The van der Waals surface area contributed by atoms with E-state index in [4.69, 9.17) is 25.4 Å². The molecular weight excluding hydrogens is 291 g/mol. The summed E-state index contributed by atoms with van der Waals surface area (Å²) in [5.74, 6) is -2.02. The van der Waals surface area contributed by atoms with Crippen molar-refractivity contribution in [3.05, 3.63) is 12.7 Å². The number of hydrogen-bond donors (Lipinski definition) is 0. The van der Waals surface area contributed by atoms with Gasteiger partial charge in [0.25, 0.3) is 0 Å². The number of carbonyl (C=O) groups excluding carboxylic acids is 1. The van der Waals surface area contributed by atoms with Gasteiger partial charge in [-0.15, -0.1) is 18.2 Å². The maximum atomic E-state index is 12.8. The third-order valence-corrected chi connectivity index (χ3v) is 4.48. The Morgan fingerprint density at radius 3 is 2.05 bits per heavy atom. The van der Waals surface area contributed by atoms with E-state index in [0.717, 1.165) is 0 Å². The summed E-state index contributed by atoms with van der Waals surface area (Å²) in [4.78, 5) is 11.3. The highest BCUT2D eigenvalue weighted by atomic mass is 35.5. The fourth-order valence-corrected chi connectivity index (χ4v) is 3.53. The van der Waals surface area contributed by atoms with Crippen LogP contribution in [0, 0.1) is 0 Å². The van der Waals surface area contributed by atoms with Crippen LogP contribution in [0.2, 0.25) is 0 Å². The monoisotopic (exact) mass is 312 g/mol. The van der Waals surface area contributed by atoms with E-state index in [1.54, 1.807) is 27.7 Å². The molecule has 0 rings (SSSR count). The smallest absolute Gasteiger partial charge is 0.371 e. The van der Waals surface area contributed by atoms with Crippen molar-refractivity contribution in [1.82, 2.24) is 0 Å². The van der Waals surface area contributed by atoms with E-state index < -0.39 is 19.4 Å². The van der Waals surface area contributed by atoms with Crippen molar-refractivity contribution in [2.75, 3.05) is 5.88 Å². The average Bonchev–Trinajstić information content (AvgIpc) is 2.25. The average molecular weight is 313 g/mol. The molecular formula is C12H22ClO5P. The summed E-state index contributed by atoms with van der Waals surface area (Å²) in [5, 5.41) is 0. The molecule has 0 unspecified atom stereocenters. The first-order valence-electron chi connectivity index (χ1n) is 6.08. The molecule has 0 aliphatic heterocycles. The normalized spacial score (nSPS) is 13.6. The topological polar surface area (TPSA) is 61.8 Å². The summed E-state index contributed by atoms with van der Waals surface area (Å²) in [7, 11) is -3.60. The zero-order valence-corrected chi connectivity index (χ0v) is 13.4. The minimum atomic E-state index is -3.60. The molecule has 7 heteroatoms. The van der Waals surface area contributed by atoms with Crippen molar-refractivity contribution in [3.8, 4) is 0 Å². The van der Waals surface area contributed by atoms with Crippen LogP contribution in [0.3, 0.4) is 0 Å². The lowest BCUT2D eigenvalue weighted by Crippen LogP contribution is -2.24. The lowest BCUT2D eigenvalue weighted by molar-refractivity contribution is -0.143. The Balaban J connectivity index is 5.16. The second-order valence-electron chi connectivity index (χ2n) is 4.45. The van der Waals surface area contributed by atoms with Gasteiger partial charge in [-0.1, -0.05) is 6.08 Å². The van der Waals surface area contributed by atoms with Crippen LogP contribution in [0.1, 0.15) is 34.1 Å². The number of halogens is 1. The summed E-state index contributed by atoms with van der Waals surface area (Å²) in [5.41, 5.74) is 0. The molecule has 0 aromatic heterocycles. The van der Waals surface area contributed by atoms with Gasteiger partial charge in [0.2, 0.25) is 5.85 Å². The van der Waals surface area contributed by atoms with E-state index in [0.29, 0.717) is 0 Å². The van der Waals surface area contributed by atoms with E-state index in [1.165, 1.54) is 6.08 Å². The fourth-order valence-electron chi connectivity index (χ4n) is 1.32. The molecule has 0 spiro atoms. The van der Waals surface area contributed by atoms with E-state index in [9.17, 15) is 9.36 Å². The fraction of sp³-hybridized carbons (Fsp3) is 0.750. The quantitative estimate of drug-likeness (QED) is 0.281. The lowest BCUT2D eigenvalue weighted by Gasteiger charge is -2.28. The Hall–Kier alpha value is -0.350. The van der Waals surface area contributed by atoms with Crippen molar-refractivity contribution in [1.29, 1.82) is 0 Å². The molecule has 0 aromatic rings. The van der Waals surface area contributed by atoms with Gasteiger partial charge in [0.1, 0.15) is 5.88 Å². The van der Waals surface area contributed by atoms with Gasteiger partial charge in [-0.05, 0) is 27.7 Å². The maximum absolute atomic E-state index is 12.8. The maximum Gasteiger partial charge on any atom is 0.371 e. The summed E-state index contributed by atoms with van der Waals surface area (Å²) >= 11 is 5.39. The van der Waals surface area contributed by atoms with E-state index >= 15 is 0 Å². The number of hydrogen-bond acceptors (Lipinski definition) is 5. The van der Waals surface area contributed by atoms with E-state index in [-0.39, 0.29) is 24.5 Å². The van der Waals surface area contributed by atoms with Crippen molar-refractivity contribution in [2.45, 2.75) is 52.2 Å². The third-order valence-electron chi connectivity index (χ3n) is 1.81. The zero-order chi connectivity index (χ0) is 15.1. The van der Waals surface area contributed by atoms with Gasteiger partial charge in [0.15, 0.2) is 0 Å². The summed E-state index contributed by atoms with van der Waals surface area (Å²) in [6, 6.07) is 0. The molecule has 0 bridgehead atoms. The number of rotatable bonds is 9. The molecule has 0 amide bonds. The Morgan fingerprint density at radius 1 is 1.26 bits per heavy atom. The van der Waals surface area contributed by atoms with Crippen LogP contribution in [0.15, 0.2) is 12.7 Å². The first kappa shape index (κ1) is 18.7. The van der Waals surface area contributed by atoms with Crippen molar-refractivity contribution in [2.24, 2.45) is 0 Å². The van der Waals surface area contributed by atoms with Crippen molar-refractivity contribution >= 4 is 25.2 Å². The largest absolute Gasteiger partial charge is 0.448 e. The molecule has 0 saturated carbocycles. The minimum Gasteiger partial charge on any atom is -0.448 e. The van der Waals surface area contributed by atoms with Gasteiger partial charge >= 0.3 is 13.6 Å². The third kappa shape index (κ3) is 7.11. The minimum absolute atomic E-state index is 0.166. The Kier molecular flexibility index (Phi) is 8.59. The number of alkyl halides is 1. The number of esters is 1. The zero-order valence-electron chi connectivity index (χ0n) is 11.8. The lowest BCUT2D eigenvalue weighted by atomic mass is 10.4. The second kappa shape index (κ2) is 8.75. The van der Waals surface area contributed by atoms with Crippen molar-refractivity contribution in [3.63, 3.8) is 0 Å². The van der Waals surface area contributed by atoms with Gasteiger partial charge in [-0.3, -0.25) is 9.36 Å². The Labute approximate surface area is 119 Å². The van der Waals surface area contributed by atoms with Crippen LogP contribution >= 0.6 is 19.2 Å². The van der Waals surface area contributed by atoms with E-state index in [1.807, 2.05) is 0 Å². The molecule has 0 aromatic carbocycles. The molecule has 112 valence electrons. The highest BCUT2D eigenvalue weighted by molar-refractivity contribution is 7.54. The van der Waals surface area contributed by atoms with Crippen LogP contribution in [0.25, 0.3) is 0 Å². The van der Waals surface area contributed by atoms with Crippen molar-refractivity contribution < 1.29 is 23.1 Å². The highest BCUT2D eigenvalue weighted by Crippen LogP contribution is 2.56. The molecule has 0 aliphatic carbocycles. The molecule has 19 heavy (non-hydrogen) atoms. The highest BCUT2D eigenvalue weighted by Gasteiger charge is 2.40. The predicted octanol–water partition coefficient (Wildman–Crippen LogP) is 3.71. The van der Waals surface area contributed by atoms with Crippen LogP contribution in [-0.2, 0) is 23.1 Å². The van der Waals surface area contributed by atoms with Gasteiger partial charge in [-0.2, -0.15) is 0 Å². The first-order chi connectivity index (χ1) is 8.75. The predicted molar refractivity (Wildman–Crippen MR) is 75.5 cm³/mol. The van der Waals surface area contributed by atoms with Gasteiger partial charge in [0.05, 0.1) is 12.2 Å². The molecule has 0 heterocycles. The molecule has 5 nitrogen and oxygen atoms in total. The van der Waals surface area contributed by atoms with Crippen LogP contribution in [-0.4, -0.2) is 29.9 Å². The van der Waals surface area contributed by atoms with Crippen LogP contribution in [0.5, 0.6) is 0 Å². The molecule has 0 N–H and O–H groups in total. The molecule has 1 atom stereocenters. The Morgan fingerprint density at radius 2 is 1.74 bits per heavy atom.